The zero-order valence-electron chi connectivity index (χ0n) is 27.1. The number of ether oxygens (including phenoxy) is 1. The molecule has 1 aliphatic heterocycles. The minimum atomic E-state index is -1.32. The van der Waals surface area contributed by atoms with Crippen LogP contribution in [0.2, 0.25) is 0 Å². The van der Waals surface area contributed by atoms with Gasteiger partial charge in [0.2, 0.25) is 23.5 Å². The molecule has 5 amide bonds. The van der Waals surface area contributed by atoms with Gasteiger partial charge < -0.3 is 31.3 Å². The van der Waals surface area contributed by atoms with Crippen LogP contribution in [0.15, 0.2) is 54.6 Å². The molecule has 1 aliphatic rings. The van der Waals surface area contributed by atoms with Crippen LogP contribution in [0.4, 0.5) is 9.18 Å². The smallest absolute Gasteiger partial charge is 0.408 e. The van der Waals surface area contributed by atoms with E-state index in [0.29, 0.717) is 18.5 Å². The number of halogens is 1. The Balaban J connectivity index is 1.79. The molecule has 2 aromatic rings. The van der Waals surface area contributed by atoms with Crippen molar-refractivity contribution >= 4 is 35.5 Å². The molecule has 254 valence electrons. The Morgan fingerprint density at radius 1 is 0.830 bits per heavy atom. The first-order chi connectivity index (χ1) is 22.3. The highest BCUT2D eigenvalue weighted by atomic mass is 19.1. The summed E-state index contributed by atoms with van der Waals surface area (Å²) in [4.78, 5) is 78.2. The van der Waals surface area contributed by atoms with Crippen LogP contribution in [-0.2, 0) is 41.7 Å². The first-order valence-electron chi connectivity index (χ1n) is 15.8. The molecule has 13 heteroatoms. The average Bonchev–Trinajstić information content (AvgIpc) is 3.43. The number of hydrogen-bond acceptors (Lipinski definition) is 7. The molecular weight excluding hydrogens is 609 g/mol. The topological polar surface area (TPSA) is 172 Å². The lowest BCUT2D eigenvalue weighted by molar-refractivity contribution is -0.141. The minimum Gasteiger partial charge on any atom is -0.445 e. The molecule has 3 rings (SSSR count). The summed E-state index contributed by atoms with van der Waals surface area (Å²) >= 11 is 0. The fourth-order valence-electron chi connectivity index (χ4n) is 5.10. The Kier molecular flexibility index (Phi) is 13.9. The van der Waals surface area contributed by atoms with Crippen LogP contribution >= 0.6 is 0 Å². The zero-order chi connectivity index (χ0) is 34.5. The first kappa shape index (κ1) is 36.7. The van der Waals surface area contributed by atoms with Crippen LogP contribution < -0.4 is 26.6 Å². The molecule has 0 aliphatic carbocycles. The second-order valence-corrected chi connectivity index (χ2v) is 12.3. The van der Waals surface area contributed by atoms with E-state index in [2.05, 4.69) is 26.6 Å². The Bertz CT molecular complexity index is 1400. The van der Waals surface area contributed by atoms with Crippen LogP contribution in [-0.4, -0.2) is 66.2 Å². The molecule has 1 saturated heterocycles. The van der Waals surface area contributed by atoms with Gasteiger partial charge >= 0.3 is 6.09 Å². The fraction of sp³-hybridized carbons (Fsp3) is 0.471. The number of nitrogens with one attached hydrogen (secondary N) is 5. The molecule has 0 spiro atoms. The molecule has 47 heavy (non-hydrogen) atoms. The maximum atomic E-state index is 13.7. The highest BCUT2D eigenvalue weighted by Gasteiger charge is 2.36. The van der Waals surface area contributed by atoms with Crippen molar-refractivity contribution in [2.45, 2.75) is 84.2 Å². The SMILES string of the molecule is CC(C)CC(NC(=O)C(Cc1ccc(F)cc1)NC(=O)OCc1ccccc1)C(=O)NC(C[C@@H]1CCNC1=O)C(=O)C(=O)NC(C)C. The normalized spacial score (nSPS) is 16.1. The third-order valence-corrected chi connectivity index (χ3v) is 7.47. The molecule has 0 saturated carbocycles. The van der Waals surface area contributed by atoms with E-state index in [4.69, 9.17) is 4.74 Å². The van der Waals surface area contributed by atoms with Gasteiger partial charge in [-0.05, 0) is 62.3 Å². The molecular formula is C34H44FN5O7. The van der Waals surface area contributed by atoms with E-state index in [-0.39, 0.29) is 43.7 Å². The third-order valence-electron chi connectivity index (χ3n) is 7.47. The van der Waals surface area contributed by atoms with Crippen LogP contribution in [0.3, 0.4) is 0 Å². The van der Waals surface area contributed by atoms with Crippen molar-refractivity contribution in [3.8, 4) is 0 Å². The van der Waals surface area contributed by atoms with Crippen molar-refractivity contribution in [3.63, 3.8) is 0 Å². The van der Waals surface area contributed by atoms with Gasteiger partial charge in [-0.25, -0.2) is 9.18 Å². The van der Waals surface area contributed by atoms with Crippen molar-refractivity contribution in [1.82, 2.24) is 26.6 Å². The summed E-state index contributed by atoms with van der Waals surface area (Å²) in [5.41, 5.74) is 1.27. The molecule has 0 bridgehead atoms. The number of rotatable bonds is 16. The van der Waals surface area contributed by atoms with Gasteiger partial charge in [-0.2, -0.15) is 0 Å². The van der Waals surface area contributed by atoms with Crippen molar-refractivity contribution in [1.29, 1.82) is 0 Å². The van der Waals surface area contributed by atoms with E-state index >= 15 is 0 Å². The molecule has 5 N–H and O–H groups in total. The van der Waals surface area contributed by atoms with Gasteiger partial charge in [0, 0.05) is 24.9 Å². The molecule has 1 heterocycles. The maximum Gasteiger partial charge on any atom is 0.408 e. The summed E-state index contributed by atoms with van der Waals surface area (Å²) in [5.74, 6) is -4.67. The fourth-order valence-corrected chi connectivity index (χ4v) is 5.10. The molecule has 0 aromatic heterocycles. The summed E-state index contributed by atoms with van der Waals surface area (Å²) in [5, 5.41) is 13.0. The third kappa shape index (κ3) is 12.1. The summed E-state index contributed by atoms with van der Waals surface area (Å²) in [6.07, 6.45) is -0.421. The lowest BCUT2D eigenvalue weighted by Crippen LogP contribution is -2.58. The van der Waals surface area contributed by atoms with Crippen LogP contribution in [0.5, 0.6) is 0 Å². The van der Waals surface area contributed by atoms with Crippen molar-refractivity contribution < 1.29 is 37.9 Å². The van der Waals surface area contributed by atoms with E-state index in [1.54, 1.807) is 38.1 Å². The average molecular weight is 654 g/mol. The van der Waals surface area contributed by atoms with Gasteiger partial charge in [0.05, 0.1) is 6.04 Å². The Morgan fingerprint density at radius 3 is 2.06 bits per heavy atom. The number of Topliss-reactive ketones (excluding diaryl/α,β-unsaturated/α-hetero) is 1. The van der Waals surface area contributed by atoms with E-state index in [1.807, 2.05) is 19.9 Å². The molecule has 2 aromatic carbocycles. The maximum absolute atomic E-state index is 13.7. The number of alkyl carbamates (subject to hydrolysis) is 1. The lowest BCUT2D eigenvalue weighted by Gasteiger charge is -2.26. The van der Waals surface area contributed by atoms with Gasteiger partial charge in [0.25, 0.3) is 5.91 Å². The van der Waals surface area contributed by atoms with E-state index < -0.39 is 59.5 Å². The number of carbonyl (C=O) groups excluding carboxylic acids is 6. The second-order valence-electron chi connectivity index (χ2n) is 12.3. The first-order valence-corrected chi connectivity index (χ1v) is 15.8. The van der Waals surface area contributed by atoms with Gasteiger partial charge in [-0.15, -0.1) is 0 Å². The van der Waals surface area contributed by atoms with E-state index in [9.17, 15) is 33.2 Å². The molecule has 4 atom stereocenters. The molecule has 12 nitrogen and oxygen atoms in total. The van der Waals surface area contributed by atoms with Crippen LogP contribution in [0.25, 0.3) is 0 Å². The number of amides is 5. The Labute approximate surface area is 274 Å². The summed E-state index contributed by atoms with van der Waals surface area (Å²) in [7, 11) is 0. The molecule has 1 fully saturated rings. The second kappa shape index (κ2) is 17.8. The quantitative estimate of drug-likeness (QED) is 0.173. The van der Waals surface area contributed by atoms with Gasteiger partial charge in [-0.1, -0.05) is 56.3 Å². The largest absolute Gasteiger partial charge is 0.445 e. The number of benzene rings is 2. The number of hydrogen-bond donors (Lipinski definition) is 5. The van der Waals surface area contributed by atoms with Crippen molar-refractivity contribution in [2.75, 3.05) is 6.54 Å². The number of ketones is 1. The van der Waals surface area contributed by atoms with Crippen LogP contribution in [0, 0.1) is 17.7 Å². The molecule has 3 unspecified atom stereocenters. The van der Waals surface area contributed by atoms with Gasteiger partial charge in [0.1, 0.15) is 24.5 Å². The summed E-state index contributed by atoms with van der Waals surface area (Å²) < 4.78 is 18.9. The monoisotopic (exact) mass is 653 g/mol. The van der Waals surface area contributed by atoms with E-state index in [0.717, 1.165) is 5.56 Å². The highest BCUT2D eigenvalue weighted by Crippen LogP contribution is 2.18. The van der Waals surface area contributed by atoms with Gasteiger partial charge in [0.15, 0.2) is 0 Å². The minimum absolute atomic E-state index is 0.0458. The van der Waals surface area contributed by atoms with Crippen molar-refractivity contribution in [2.24, 2.45) is 11.8 Å². The van der Waals surface area contributed by atoms with Crippen LogP contribution in [0.1, 0.15) is 58.1 Å². The lowest BCUT2D eigenvalue weighted by atomic mass is 9.94. The summed E-state index contributed by atoms with van der Waals surface area (Å²) in [6.45, 7) is 7.41. The predicted octanol–water partition coefficient (Wildman–Crippen LogP) is 2.30. The highest BCUT2D eigenvalue weighted by molar-refractivity contribution is 6.38. The van der Waals surface area contributed by atoms with Gasteiger partial charge in [-0.3, -0.25) is 24.0 Å². The molecule has 0 radical (unpaired) electrons. The van der Waals surface area contributed by atoms with Crippen molar-refractivity contribution in [3.05, 3.63) is 71.5 Å². The Morgan fingerprint density at radius 2 is 1.47 bits per heavy atom. The predicted molar refractivity (Wildman–Crippen MR) is 171 cm³/mol. The standard InChI is InChI=1S/C34H44FN5O7/c1-20(2)16-27(31(43)38-26(18-24-14-15-36-30(24)42)29(41)33(45)37-21(3)4)39-32(44)28(17-22-10-12-25(35)13-11-22)40-34(46)47-19-23-8-6-5-7-9-23/h5-13,20-21,24,26-28H,14-19H2,1-4H3,(H,36,42)(H,37,45)(H,38,43)(H,39,44)(H,40,46)/t24-,26?,27?,28?/m0/s1. The number of carbonyl (C=O) groups is 6. The Hall–Kier alpha value is -4.81. The van der Waals surface area contributed by atoms with E-state index in [1.165, 1.54) is 24.3 Å². The summed E-state index contributed by atoms with van der Waals surface area (Å²) in [6, 6.07) is 10.3. The zero-order valence-corrected chi connectivity index (χ0v) is 27.1.